The van der Waals surface area contributed by atoms with E-state index < -0.39 is 22.0 Å². The van der Waals surface area contributed by atoms with E-state index in [9.17, 15) is 22.8 Å². The van der Waals surface area contributed by atoms with Crippen LogP contribution in [0.2, 0.25) is 0 Å². The van der Waals surface area contributed by atoms with Crippen molar-refractivity contribution in [3.8, 4) is 0 Å². The van der Waals surface area contributed by atoms with Crippen LogP contribution < -0.4 is 16.2 Å². The van der Waals surface area contributed by atoms with E-state index in [4.69, 9.17) is 16.6 Å². The minimum Gasteiger partial charge on any atom is -0.481 e. The molecule has 0 aromatic heterocycles. The molecule has 1 fully saturated rings. The number of aliphatic carboxylic acids is 1. The third kappa shape index (κ3) is 9.49. The van der Waals surface area contributed by atoms with Gasteiger partial charge in [0.15, 0.2) is 5.96 Å². The Balaban J connectivity index is 0.00000560. The van der Waals surface area contributed by atoms with Gasteiger partial charge in [0.2, 0.25) is 21.8 Å². The lowest BCUT2D eigenvalue weighted by molar-refractivity contribution is -0.140. The molecule has 3 rings (SSSR count). The molecule has 0 unspecified atom stereocenters. The third-order valence-corrected chi connectivity index (χ3v) is 8.02. The number of carbonyl (C=O) groups is 3. The van der Waals surface area contributed by atoms with E-state index in [2.05, 4.69) is 9.71 Å². The standard InChI is InChI=1S/C26H36N6O6S.CH4/c27-26(28)29-13-5-8-22(30-39(37,38)21-12-11-19-6-1-2-7-20(19)18-21)25(36)32-16-14-31(15-17-32)23(33)9-3-4-10-24(34)35;/h1-2,6-7,11-12,18,22,30H,3-5,8-10,13-17H2,(H,34,35)(H4,27,28,29);1H4/t22-;/m0./s1. The summed E-state index contributed by atoms with van der Waals surface area (Å²) in [6.07, 6.45) is 1.75. The van der Waals surface area contributed by atoms with Gasteiger partial charge in [-0.1, -0.05) is 37.8 Å². The van der Waals surface area contributed by atoms with Gasteiger partial charge in [-0.15, -0.1) is 0 Å². The molecule has 13 heteroatoms. The van der Waals surface area contributed by atoms with E-state index in [0.29, 0.717) is 32.4 Å². The number of aliphatic imine (C=N–C) groups is 1. The molecule has 0 aliphatic carbocycles. The number of rotatable bonds is 13. The maximum atomic E-state index is 13.5. The van der Waals surface area contributed by atoms with Crippen molar-refractivity contribution in [2.24, 2.45) is 16.5 Å². The lowest BCUT2D eigenvalue weighted by atomic mass is 10.1. The number of benzene rings is 2. The second-order valence-electron chi connectivity index (χ2n) is 9.44. The first-order valence-electron chi connectivity index (χ1n) is 12.9. The third-order valence-electron chi connectivity index (χ3n) is 6.55. The highest BCUT2D eigenvalue weighted by Gasteiger charge is 2.31. The second-order valence-corrected chi connectivity index (χ2v) is 11.2. The molecule has 1 saturated heterocycles. The summed E-state index contributed by atoms with van der Waals surface area (Å²) in [5, 5.41) is 10.4. The lowest BCUT2D eigenvalue weighted by Gasteiger charge is -2.36. The number of hydrogen-bond donors (Lipinski definition) is 4. The van der Waals surface area contributed by atoms with Crippen molar-refractivity contribution in [3.05, 3.63) is 42.5 Å². The minimum atomic E-state index is -4.02. The zero-order valence-electron chi connectivity index (χ0n) is 21.8. The number of guanidine groups is 1. The molecule has 1 atom stereocenters. The van der Waals surface area contributed by atoms with Gasteiger partial charge in [0.25, 0.3) is 0 Å². The monoisotopic (exact) mass is 576 g/mol. The molecular formula is C27H40N6O6S. The van der Waals surface area contributed by atoms with Crippen LogP contribution >= 0.6 is 0 Å². The summed E-state index contributed by atoms with van der Waals surface area (Å²) in [5.74, 6) is -1.44. The highest BCUT2D eigenvalue weighted by Crippen LogP contribution is 2.20. The first-order valence-corrected chi connectivity index (χ1v) is 14.4. The predicted octanol–water partition coefficient (Wildman–Crippen LogP) is 1.49. The Kier molecular flexibility index (Phi) is 12.3. The first-order chi connectivity index (χ1) is 18.6. The molecule has 12 nitrogen and oxygen atoms in total. The fourth-order valence-corrected chi connectivity index (χ4v) is 5.69. The number of fused-ring (bicyclic) bond motifs is 1. The molecule has 2 aromatic carbocycles. The number of amides is 2. The molecule has 0 bridgehead atoms. The lowest BCUT2D eigenvalue weighted by Crippen LogP contribution is -2.55. The summed E-state index contributed by atoms with van der Waals surface area (Å²) in [4.78, 5) is 43.7. The molecule has 0 saturated carbocycles. The Morgan fingerprint density at radius 1 is 0.925 bits per heavy atom. The van der Waals surface area contributed by atoms with Gasteiger partial charge in [-0.2, -0.15) is 4.72 Å². The van der Waals surface area contributed by atoms with Crippen molar-refractivity contribution in [2.45, 2.75) is 56.9 Å². The van der Waals surface area contributed by atoms with Crippen molar-refractivity contribution in [2.75, 3.05) is 32.7 Å². The Morgan fingerprint density at radius 2 is 1.55 bits per heavy atom. The van der Waals surface area contributed by atoms with Gasteiger partial charge in [0.1, 0.15) is 6.04 Å². The van der Waals surface area contributed by atoms with Crippen LogP contribution in [0.4, 0.5) is 0 Å². The summed E-state index contributed by atoms with van der Waals surface area (Å²) in [7, 11) is -4.02. The van der Waals surface area contributed by atoms with Crippen molar-refractivity contribution >= 4 is 44.5 Å². The topological polar surface area (TPSA) is 188 Å². The number of carbonyl (C=O) groups excluding carboxylic acids is 2. The minimum absolute atomic E-state index is 0. The average molecular weight is 577 g/mol. The fourth-order valence-electron chi connectivity index (χ4n) is 4.43. The molecule has 0 spiro atoms. The number of nitrogens with zero attached hydrogens (tertiary/aromatic N) is 3. The normalized spacial score (nSPS) is 14.3. The van der Waals surface area contributed by atoms with Gasteiger partial charge in [-0.05, 0) is 48.6 Å². The van der Waals surface area contributed by atoms with E-state index >= 15 is 0 Å². The van der Waals surface area contributed by atoms with Crippen LogP contribution in [0.15, 0.2) is 52.4 Å². The second kappa shape index (κ2) is 15.2. The number of hydrogen-bond acceptors (Lipinski definition) is 6. The SMILES string of the molecule is C.NC(N)=NCCC[C@H](NS(=O)(=O)c1ccc2ccccc2c1)C(=O)N1CCN(C(=O)CCCCC(=O)O)CC1. The summed E-state index contributed by atoms with van der Waals surface area (Å²) >= 11 is 0. The number of carboxylic acid groups (broad SMARTS) is 1. The van der Waals surface area contributed by atoms with Crippen molar-refractivity contribution in [3.63, 3.8) is 0 Å². The van der Waals surface area contributed by atoms with Crippen LogP contribution in [0, 0.1) is 0 Å². The van der Waals surface area contributed by atoms with Crippen LogP contribution in [0.1, 0.15) is 46.0 Å². The van der Waals surface area contributed by atoms with E-state index in [-0.39, 0.29) is 69.0 Å². The highest BCUT2D eigenvalue weighted by atomic mass is 32.2. The average Bonchev–Trinajstić information content (AvgIpc) is 2.91. The summed E-state index contributed by atoms with van der Waals surface area (Å²) < 4.78 is 29.1. The van der Waals surface area contributed by atoms with Crippen molar-refractivity contribution < 1.29 is 27.9 Å². The maximum Gasteiger partial charge on any atom is 0.303 e. The molecule has 6 N–H and O–H groups in total. The number of piperazine rings is 1. The molecule has 40 heavy (non-hydrogen) atoms. The van der Waals surface area contributed by atoms with Crippen molar-refractivity contribution in [1.29, 1.82) is 0 Å². The van der Waals surface area contributed by atoms with Crippen LogP contribution in [-0.4, -0.2) is 85.8 Å². The van der Waals surface area contributed by atoms with Gasteiger partial charge < -0.3 is 26.4 Å². The molecule has 1 heterocycles. The summed E-state index contributed by atoms with van der Waals surface area (Å²) in [5.41, 5.74) is 10.8. The Morgan fingerprint density at radius 3 is 2.20 bits per heavy atom. The predicted molar refractivity (Wildman–Crippen MR) is 154 cm³/mol. The number of carboxylic acids is 1. The number of nitrogens with two attached hydrogens (primary N) is 2. The smallest absolute Gasteiger partial charge is 0.303 e. The van der Waals surface area contributed by atoms with Crippen molar-refractivity contribution in [1.82, 2.24) is 14.5 Å². The first kappa shape index (κ1) is 32.5. The molecular weight excluding hydrogens is 536 g/mol. The van der Waals surface area contributed by atoms with Gasteiger partial charge in [0, 0.05) is 45.6 Å². The summed E-state index contributed by atoms with van der Waals surface area (Å²) in [6, 6.07) is 11.2. The molecule has 2 aromatic rings. The Bertz CT molecular complexity index is 1300. The van der Waals surface area contributed by atoms with Crippen LogP contribution in [0.25, 0.3) is 10.8 Å². The van der Waals surface area contributed by atoms with Gasteiger partial charge in [-0.25, -0.2) is 8.42 Å². The van der Waals surface area contributed by atoms with Gasteiger partial charge in [0.05, 0.1) is 4.90 Å². The highest BCUT2D eigenvalue weighted by molar-refractivity contribution is 7.89. The number of unbranched alkanes of at least 4 members (excludes halogenated alkanes) is 1. The van der Waals surface area contributed by atoms with Gasteiger partial charge >= 0.3 is 5.97 Å². The van der Waals surface area contributed by atoms with Crippen LogP contribution in [-0.2, 0) is 24.4 Å². The maximum absolute atomic E-state index is 13.5. The molecule has 0 radical (unpaired) electrons. The summed E-state index contributed by atoms with van der Waals surface area (Å²) in [6.45, 7) is 1.42. The van der Waals surface area contributed by atoms with E-state index in [1.54, 1.807) is 21.9 Å². The number of nitrogens with one attached hydrogen (secondary N) is 1. The van der Waals surface area contributed by atoms with Crippen LogP contribution in [0.5, 0.6) is 0 Å². The van der Waals surface area contributed by atoms with E-state index in [0.717, 1.165) is 10.8 Å². The number of sulfonamides is 1. The van der Waals surface area contributed by atoms with E-state index in [1.807, 2.05) is 24.3 Å². The molecule has 2 amide bonds. The largest absolute Gasteiger partial charge is 0.481 e. The fraction of sp³-hybridized carbons (Fsp3) is 0.481. The zero-order chi connectivity index (χ0) is 28.4. The zero-order valence-corrected chi connectivity index (χ0v) is 22.6. The molecule has 220 valence electrons. The van der Waals surface area contributed by atoms with Crippen LogP contribution in [0.3, 0.4) is 0 Å². The quantitative estimate of drug-likeness (QED) is 0.157. The van der Waals surface area contributed by atoms with E-state index in [1.165, 1.54) is 6.07 Å². The molecule has 1 aliphatic rings. The Hall–Kier alpha value is -3.71. The molecule has 1 aliphatic heterocycles. The Labute approximate surface area is 235 Å². The van der Waals surface area contributed by atoms with Gasteiger partial charge in [-0.3, -0.25) is 19.4 Å².